The normalized spacial score (nSPS) is 20.7. The van der Waals surface area contributed by atoms with E-state index < -0.39 is 29.7 Å². The molecule has 0 spiro atoms. The molecule has 3 aliphatic heterocycles. The van der Waals surface area contributed by atoms with Gasteiger partial charge < -0.3 is 35.0 Å². The molecule has 13 nitrogen and oxygen atoms in total. The Morgan fingerprint density at radius 2 is 1.98 bits per heavy atom. The Morgan fingerprint density at radius 3 is 2.70 bits per heavy atom. The fraction of sp³-hybridized carbons (Fsp3) is 0.500. The third kappa shape index (κ3) is 7.01. The molecule has 4 aromatic rings. The van der Waals surface area contributed by atoms with Gasteiger partial charge in [-0.1, -0.05) is 17.7 Å². The fourth-order valence-electron chi connectivity index (χ4n) is 7.65. The molecule has 2 saturated heterocycles. The van der Waals surface area contributed by atoms with Crippen LogP contribution in [0.5, 0.6) is 0 Å². The second-order valence-electron chi connectivity index (χ2n) is 15.3. The Kier molecular flexibility index (Phi) is 10.4. The van der Waals surface area contributed by atoms with Crippen LogP contribution in [-0.4, -0.2) is 88.5 Å². The van der Waals surface area contributed by atoms with Crippen molar-refractivity contribution in [2.24, 2.45) is 0 Å². The van der Waals surface area contributed by atoms with Crippen molar-refractivity contribution in [1.82, 2.24) is 20.2 Å². The summed E-state index contributed by atoms with van der Waals surface area (Å²) in [6.07, 6.45) is 0.982. The first-order chi connectivity index (χ1) is 25.7. The number of nitrogens with zero attached hydrogens (tertiary/aromatic N) is 5. The number of aliphatic hydroxyl groups excluding tert-OH is 1. The molecule has 4 atom stereocenters. The molecule has 5 heterocycles. The van der Waals surface area contributed by atoms with E-state index in [0.29, 0.717) is 65.2 Å². The smallest absolute Gasteiger partial charge is 0.412 e. The maximum atomic E-state index is 15.6. The number of aliphatic hydroxyl groups is 1. The number of likely N-dealkylation sites (N-methyl/N-ethyl adjacent to an activating group) is 1. The number of benzene rings is 2. The number of nitriles is 1. The molecule has 2 aromatic heterocycles. The number of aromatic nitrogens is 2. The molecule has 0 unspecified atom stereocenters. The molecule has 7 rings (SSSR count). The molecule has 0 radical (unpaired) electrons. The summed E-state index contributed by atoms with van der Waals surface area (Å²) in [6, 6.07) is 4.62. The third-order valence-electron chi connectivity index (χ3n) is 10.2. The SMILES string of the molecule is C[C@H](O)CN[C@H]1CCN(c2nc(N[C@@H]3CCCN(C)C3=O)c3c4c(c(-c5ccc(F)c6sc(NC(=O)OC(C)(C)C)c(C#N)c56)c(Cl)c3n2)COC4)[C@H]1C. The first kappa shape index (κ1) is 38.0. The maximum Gasteiger partial charge on any atom is 0.412 e. The Morgan fingerprint density at radius 1 is 1.22 bits per heavy atom. The highest BCUT2D eigenvalue weighted by Gasteiger charge is 2.36. The number of fused-ring (bicyclic) bond motifs is 4. The van der Waals surface area contributed by atoms with E-state index in [1.807, 2.05) is 0 Å². The van der Waals surface area contributed by atoms with E-state index >= 15 is 4.39 Å². The van der Waals surface area contributed by atoms with E-state index in [4.69, 9.17) is 31.0 Å². The summed E-state index contributed by atoms with van der Waals surface area (Å²) in [6.45, 7) is 11.1. The Hall–Kier alpha value is -4.33. The van der Waals surface area contributed by atoms with Gasteiger partial charge >= 0.3 is 6.09 Å². The fourth-order valence-corrected chi connectivity index (χ4v) is 9.07. The third-order valence-corrected chi connectivity index (χ3v) is 11.7. The first-order valence-corrected chi connectivity index (χ1v) is 19.3. The van der Waals surface area contributed by atoms with Gasteiger partial charge in [-0.25, -0.2) is 14.2 Å². The summed E-state index contributed by atoms with van der Waals surface area (Å²) in [5, 5.41) is 31.3. The second kappa shape index (κ2) is 14.7. The standard InChI is InChI=1S/C38H44ClFN8O5S/c1-18(49)15-42-25-11-13-48(19(25)2)36-44-31-29(33(45-36)43-26-8-7-12-47(6)35(26)50)23-17-52-16-22(23)27(30(31)39)20-9-10-24(40)32-28(20)21(14-41)34(54-32)46-37(51)53-38(3,4)5/h9-10,18-19,25-26,42,49H,7-8,11-13,15-17H2,1-6H3,(H,46,51)(H,43,44,45)/t18-,19-,25-,26+/m0/s1. The first-order valence-electron chi connectivity index (χ1n) is 18.1. The molecule has 16 heteroatoms. The number of likely N-dealkylation sites (tertiary alicyclic amines) is 1. The van der Waals surface area contributed by atoms with Crippen molar-refractivity contribution in [3.63, 3.8) is 0 Å². The monoisotopic (exact) mass is 778 g/mol. The van der Waals surface area contributed by atoms with Crippen LogP contribution in [0.1, 0.15) is 70.6 Å². The lowest BCUT2D eigenvalue weighted by Crippen LogP contribution is -2.45. The van der Waals surface area contributed by atoms with Crippen molar-refractivity contribution in [2.75, 3.05) is 42.2 Å². The molecule has 2 fully saturated rings. The van der Waals surface area contributed by atoms with Gasteiger partial charge in [0.15, 0.2) is 0 Å². The van der Waals surface area contributed by atoms with Gasteiger partial charge in [0.2, 0.25) is 11.9 Å². The van der Waals surface area contributed by atoms with Crippen molar-refractivity contribution >= 4 is 72.7 Å². The van der Waals surface area contributed by atoms with Crippen LogP contribution in [0.4, 0.5) is 26.0 Å². The summed E-state index contributed by atoms with van der Waals surface area (Å²) < 4.78 is 27.3. The minimum atomic E-state index is -0.792. The molecule has 4 N–H and O–H groups in total. The van der Waals surface area contributed by atoms with Crippen molar-refractivity contribution < 1.29 is 28.6 Å². The van der Waals surface area contributed by atoms with Gasteiger partial charge in [0.25, 0.3) is 0 Å². The van der Waals surface area contributed by atoms with Gasteiger partial charge in [0.1, 0.15) is 34.3 Å². The molecule has 2 aromatic carbocycles. The number of hydrogen-bond acceptors (Lipinski definition) is 12. The van der Waals surface area contributed by atoms with Crippen molar-refractivity contribution in [3.8, 4) is 17.2 Å². The minimum absolute atomic E-state index is 0.0342. The number of thiophene rings is 1. The van der Waals surface area contributed by atoms with E-state index in [9.17, 15) is 20.0 Å². The highest BCUT2D eigenvalue weighted by Crippen LogP contribution is 2.50. The zero-order chi connectivity index (χ0) is 38.6. The number of piperidine rings is 1. The summed E-state index contributed by atoms with van der Waals surface area (Å²) in [5.74, 6) is 0.293. The van der Waals surface area contributed by atoms with Crippen LogP contribution in [0, 0.1) is 17.1 Å². The van der Waals surface area contributed by atoms with Crippen LogP contribution < -0.4 is 20.9 Å². The van der Waals surface area contributed by atoms with Crippen molar-refractivity contribution in [1.29, 1.82) is 5.26 Å². The second-order valence-corrected chi connectivity index (χ2v) is 16.7. The average Bonchev–Trinajstić information content (AvgIpc) is 3.83. The number of nitrogens with one attached hydrogen (secondary N) is 3. The number of amides is 2. The number of ether oxygens (including phenoxy) is 2. The predicted octanol–water partition coefficient (Wildman–Crippen LogP) is 6.52. The quantitative estimate of drug-likeness (QED) is 0.154. The van der Waals surface area contributed by atoms with Crippen LogP contribution in [0.25, 0.3) is 32.1 Å². The lowest BCUT2D eigenvalue weighted by Gasteiger charge is -2.31. The van der Waals surface area contributed by atoms with Crippen molar-refractivity contribution in [3.05, 3.63) is 39.7 Å². The van der Waals surface area contributed by atoms with Crippen LogP contribution in [0.15, 0.2) is 12.1 Å². The van der Waals surface area contributed by atoms with E-state index in [2.05, 4.69) is 33.8 Å². The van der Waals surface area contributed by atoms with E-state index in [0.717, 1.165) is 35.3 Å². The summed E-state index contributed by atoms with van der Waals surface area (Å²) in [7, 11) is 1.79. The average molecular weight is 779 g/mol. The van der Waals surface area contributed by atoms with E-state index in [1.165, 1.54) is 6.07 Å². The van der Waals surface area contributed by atoms with Crippen LogP contribution >= 0.6 is 22.9 Å². The largest absolute Gasteiger partial charge is 0.444 e. The predicted molar refractivity (Wildman–Crippen MR) is 208 cm³/mol. The molecule has 54 heavy (non-hydrogen) atoms. The van der Waals surface area contributed by atoms with Gasteiger partial charge in [0, 0.05) is 49.7 Å². The lowest BCUT2D eigenvalue weighted by molar-refractivity contribution is -0.132. The van der Waals surface area contributed by atoms with E-state index in [-0.39, 0.29) is 51.5 Å². The van der Waals surface area contributed by atoms with Gasteiger partial charge in [-0.15, -0.1) is 11.3 Å². The summed E-state index contributed by atoms with van der Waals surface area (Å²) in [5.41, 5.74) is 2.24. The van der Waals surface area contributed by atoms with Crippen LogP contribution in [-0.2, 0) is 27.5 Å². The minimum Gasteiger partial charge on any atom is -0.444 e. The molecule has 0 bridgehead atoms. The molecule has 286 valence electrons. The number of carbonyl (C=O) groups excluding carboxylic acids is 2. The van der Waals surface area contributed by atoms with Gasteiger partial charge in [-0.3, -0.25) is 10.1 Å². The highest BCUT2D eigenvalue weighted by molar-refractivity contribution is 7.23. The number of anilines is 3. The molecule has 0 aliphatic carbocycles. The molecule has 2 amide bonds. The van der Waals surface area contributed by atoms with Crippen LogP contribution in [0.2, 0.25) is 5.02 Å². The maximum absolute atomic E-state index is 15.6. The molecular formula is C38H44ClFN8O5S. The Balaban J connectivity index is 1.43. The van der Waals surface area contributed by atoms with Crippen molar-refractivity contribution in [2.45, 2.75) is 96.9 Å². The summed E-state index contributed by atoms with van der Waals surface area (Å²) >= 11 is 8.43. The van der Waals surface area contributed by atoms with Crippen LogP contribution in [0.3, 0.4) is 0 Å². The number of carbonyl (C=O) groups is 2. The van der Waals surface area contributed by atoms with Gasteiger partial charge in [-0.2, -0.15) is 10.2 Å². The number of rotatable bonds is 8. The number of hydrogen-bond donors (Lipinski definition) is 4. The van der Waals surface area contributed by atoms with Gasteiger partial charge in [0.05, 0.1) is 45.5 Å². The lowest BCUT2D eigenvalue weighted by atomic mass is 9.91. The molecule has 0 saturated carbocycles. The van der Waals surface area contributed by atoms with Gasteiger partial charge in [-0.05, 0) is 76.6 Å². The van der Waals surface area contributed by atoms with E-state index in [1.54, 1.807) is 45.7 Å². The highest BCUT2D eigenvalue weighted by atomic mass is 35.5. The Labute approximate surface area is 321 Å². The molecular weight excluding hydrogens is 735 g/mol. The zero-order valence-corrected chi connectivity index (χ0v) is 32.7. The summed E-state index contributed by atoms with van der Waals surface area (Å²) in [4.78, 5) is 40.2. The topological polar surface area (TPSA) is 165 Å². The Bertz CT molecular complexity index is 2200. The zero-order valence-electron chi connectivity index (χ0n) is 31.1. The number of halogens is 2. The molecule has 3 aliphatic rings.